The minimum absolute atomic E-state index is 0.254. The average molecular weight is 436 g/mol. The summed E-state index contributed by atoms with van der Waals surface area (Å²) in [5.41, 5.74) is 12.1. The predicted octanol–water partition coefficient (Wildman–Crippen LogP) is 5.21. The number of hydrogen-bond acceptors (Lipinski definition) is 5. The Bertz CT molecular complexity index is 1180. The van der Waals surface area contributed by atoms with Crippen LogP contribution in [0.15, 0.2) is 109 Å². The number of aromatic nitrogens is 2. The second-order valence-corrected chi connectivity index (χ2v) is 7.44. The van der Waals surface area contributed by atoms with Gasteiger partial charge in [0.05, 0.1) is 23.9 Å². The first-order valence-corrected chi connectivity index (χ1v) is 10.8. The third kappa shape index (κ3) is 5.05. The maximum atomic E-state index is 13.2. The van der Waals surface area contributed by atoms with Crippen molar-refractivity contribution in [3.8, 4) is 11.3 Å². The molecule has 1 atom stereocenters. The van der Waals surface area contributed by atoms with E-state index in [1.807, 2.05) is 84.9 Å². The largest absolute Gasteiger partial charge is 0.463 e. The zero-order chi connectivity index (χ0) is 23.0. The molecule has 0 spiro atoms. The fourth-order valence-electron chi connectivity index (χ4n) is 3.72. The first-order valence-electron chi connectivity index (χ1n) is 10.8. The Morgan fingerprint density at radius 2 is 1.55 bits per heavy atom. The number of benzene rings is 2. The molecule has 5 heteroatoms. The van der Waals surface area contributed by atoms with E-state index in [0.717, 1.165) is 33.5 Å². The van der Waals surface area contributed by atoms with Gasteiger partial charge >= 0.3 is 5.97 Å². The van der Waals surface area contributed by atoms with Crippen LogP contribution >= 0.6 is 0 Å². The number of carbonyl (C=O) groups is 1. The van der Waals surface area contributed by atoms with Gasteiger partial charge in [0.25, 0.3) is 0 Å². The monoisotopic (exact) mass is 435 g/mol. The number of carbonyl (C=O) groups excluding carboxylic acids is 1. The molecule has 4 aromatic rings. The number of hydrogen-bond donors (Lipinski definition) is 1. The number of esters is 1. The fraction of sp³-hybridized carbons (Fsp3) is 0.107. The second-order valence-electron chi connectivity index (χ2n) is 7.44. The highest BCUT2D eigenvalue weighted by molar-refractivity contribution is 6.03. The summed E-state index contributed by atoms with van der Waals surface area (Å²) in [5, 5.41) is 0. The van der Waals surface area contributed by atoms with E-state index >= 15 is 0 Å². The molecular formula is C28H25N3O2. The summed E-state index contributed by atoms with van der Waals surface area (Å²) in [5.74, 6) is -0.441. The van der Waals surface area contributed by atoms with Crippen molar-refractivity contribution in [1.82, 2.24) is 9.97 Å². The van der Waals surface area contributed by atoms with Crippen LogP contribution in [0.3, 0.4) is 0 Å². The summed E-state index contributed by atoms with van der Waals surface area (Å²) in [6.45, 7) is 2.04. The Balaban J connectivity index is 1.85. The van der Waals surface area contributed by atoms with Crippen molar-refractivity contribution in [3.05, 3.63) is 126 Å². The highest BCUT2D eigenvalue weighted by Gasteiger charge is 2.27. The van der Waals surface area contributed by atoms with Crippen LogP contribution in [0.25, 0.3) is 16.8 Å². The molecule has 2 aromatic heterocycles. The number of nitrogens with two attached hydrogens (primary N) is 1. The van der Waals surface area contributed by atoms with E-state index in [1.165, 1.54) is 0 Å². The highest BCUT2D eigenvalue weighted by atomic mass is 16.5. The molecule has 0 radical (unpaired) electrons. The topological polar surface area (TPSA) is 78.1 Å². The van der Waals surface area contributed by atoms with Gasteiger partial charge in [-0.1, -0.05) is 66.7 Å². The van der Waals surface area contributed by atoms with Gasteiger partial charge in [-0.05, 0) is 41.8 Å². The SMILES string of the molecule is CCOC(=O)C(=C(c1ccccc1)c1ccccc1)C(N)c1ccc(-c2cccnc2)nc1. The molecule has 164 valence electrons. The quantitative estimate of drug-likeness (QED) is 0.319. The Morgan fingerprint density at radius 3 is 2.06 bits per heavy atom. The van der Waals surface area contributed by atoms with Gasteiger partial charge in [0.15, 0.2) is 0 Å². The van der Waals surface area contributed by atoms with Gasteiger partial charge in [-0.2, -0.15) is 0 Å². The molecule has 2 heterocycles. The average Bonchev–Trinajstić information content (AvgIpc) is 2.88. The standard InChI is InChI=1S/C28H25N3O2/c1-2-33-28(32)26(25(20-10-5-3-6-11-20)21-12-7-4-8-13-21)27(29)23-15-16-24(31-19-23)22-14-9-17-30-18-22/h3-19,27H,2,29H2,1H3. The van der Waals surface area contributed by atoms with Crippen molar-refractivity contribution >= 4 is 11.5 Å². The molecule has 0 aliphatic carbocycles. The van der Waals surface area contributed by atoms with Crippen LogP contribution < -0.4 is 5.73 Å². The lowest BCUT2D eigenvalue weighted by Crippen LogP contribution is -2.23. The summed E-state index contributed by atoms with van der Waals surface area (Å²) < 4.78 is 5.46. The number of nitrogens with zero attached hydrogens (tertiary/aromatic N) is 2. The van der Waals surface area contributed by atoms with Crippen molar-refractivity contribution in [2.24, 2.45) is 5.73 Å². The van der Waals surface area contributed by atoms with E-state index in [2.05, 4.69) is 9.97 Å². The Kier molecular flexibility index (Phi) is 7.03. The van der Waals surface area contributed by atoms with Gasteiger partial charge in [0, 0.05) is 29.7 Å². The maximum absolute atomic E-state index is 13.2. The molecule has 0 bridgehead atoms. The van der Waals surface area contributed by atoms with Crippen LogP contribution in [0.1, 0.15) is 29.7 Å². The van der Waals surface area contributed by atoms with Gasteiger partial charge in [-0.15, -0.1) is 0 Å². The molecule has 0 saturated heterocycles. The summed E-state index contributed by atoms with van der Waals surface area (Å²) >= 11 is 0. The maximum Gasteiger partial charge on any atom is 0.336 e. The fourth-order valence-corrected chi connectivity index (χ4v) is 3.72. The number of ether oxygens (including phenoxy) is 1. The van der Waals surface area contributed by atoms with Crippen LogP contribution in [-0.4, -0.2) is 22.5 Å². The third-order valence-corrected chi connectivity index (χ3v) is 5.30. The molecule has 5 nitrogen and oxygen atoms in total. The Labute approximate surface area is 193 Å². The molecular weight excluding hydrogens is 410 g/mol. The minimum atomic E-state index is -0.727. The molecule has 0 fully saturated rings. The van der Waals surface area contributed by atoms with Crippen molar-refractivity contribution < 1.29 is 9.53 Å². The van der Waals surface area contributed by atoms with Crippen molar-refractivity contribution in [1.29, 1.82) is 0 Å². The van der Waals surface area contributed by atoms with Gasteiger partial charge in [-0.25, -0.2) is 4.79 Å². The lowest BCUT2D eigenvalue weighted by molar-refractivity contribution is -0.138. The summed E-state index contributed by atoms with van der Waals surface area (Å²) in [7, 11) is 0. The highest BCUT2D eigenvalue weighted by Crippen LogP contribution is 2.34. The summed E-state index contributed by atoms with van der Waals surface area (Å²) in [6.07, 6.45) is 5.19. The van der Waals surface area contributed by atoms with E-state index in [-0.39, 0.29) is 6.61 Å². The number of pyridine rings is 2. The van der Waals surface area contributed by atoms with Gasteiger partial charge < -0.3 is 10.5 Å². The normalized spacial score (nSPS) is 11.5. The molecule has 2 aromatic carbocycles. The summed E-state index contributed by atoms with van der Waals surface area (Å²) in [4.78, 5) is 22.0. The molecule has 0 amide bonds. The molecule has 0 aliphatic heterocycles. The van der Waals surface area contributed by atoms with Gasteiger partial charge in [-0.3, -0.25) is 9.97 Å². The zero-order valence-corrected chi connectivity index (χ0v) is 18.4. The Morgan fingerprint density at radius 1 is 0.879 bits per heavy atom. The number of rotatable bonds is 7. The first kappa shape index (κ1) is 22.1. The van der Waals surface area contributed by atoms with Crippen LogP contribution in [0, 0.1) is 0 Å². The Hall–Kier alpha value is -4.09. The third-order valence-electron chi connectivity index (χ3n) is 5.30. The van der Waals surface area contributed by atoms with E-state index in [4.69, 9.17) is 10.5 Å². The predicted molar refractivity (Wildman–Crippen MR) is 130 cm³/mol. The molecule has 2 N–H and O–H groups in total. The van der Waals surface area contributed by atoms with Gasteiger partial charge in [0.1, 0.15) is 0 Å². The summed E-state index contributed by atoms with van der Waals surface area (Å²) in [6, 6.07) is 26.4. The van der Waals surface area contributed by atoms with Crippen molar-refractivity contribution in [2.45, 2.75) is 13.0 Å². The van der Waals surface area contributed by atoms with E-state index in [9.17, 15) is 4.79 Å². The van der Waals surface area contributed by atoms with Crippen molar-refractivity contribution in [3.63, 3.8) is 0 Å². The lowest BCUT2D eigenvalue weighted by Gasteiger charge is -2.21. The molecule has 1 unspecified atom stereocenters. The minimum Gasteiger partial charge on any atom is -0.463 e. The van der Waals surface area contributed by atoms with E-state index in [0.29, 0.717) is 5.57 Å². The van der Waals surface area contributed by atoms with E-state index < -0.39 is 12.0 Å². The van der Waals surface area contributed by atoms with Crippen LogP contribution in [-0.2, 0) is 9.53 Å². The van der Waals surface area contributed by atoms with Gasteiger partial charge in [0.2, 0.25) is 0 Å². The molecule has 0 saturated carbocycles. The van der Waals surface area contributed by atoms with E-state index in [1.54, 1.807) is 25.5 Å². The zero-order valence-electron chi connectivity index (χ0n) is 18.4. The second kappa shape index (κ2) is 10.5. The van der Waals surface area contributed by atoms with Crippen molar-refractivity contribution in [2.75, 3.05) is 6.61 Å². The first-order chi connectivity index (χ1) is 16.2. The van der Waals surface area contributed by atoms with Crippen LogP contribution in [0.5, 0.6) is 0 Å². The smallest absolute Gasteiger partial charge is 0.336 e. The molecule has 0 aliphatic rings. The molecule has 4 rings (SSSR count). The van der Waals surface area contributed by atoms with Crippen LogP contribution in [0.4, 0.5) is 0 Å². The molecule has 33 heavy (non-hydrogen) atoms. The van der Waals surface area contributed by atoms with Crippen LogP contribution in [0.2, 0.25) is 0 Å². The lowest BCUT2D eigenvalue weighted by atomic mass is 9.87.